The SMILES string of the molecule is CCN(CC)[N+](F)(F)S(=O)(=O)O.F[B-](F)(F)F. The van der Waals surface area contributed by atoms with Gasteiger partial charge in [0.25, 0.3) is 4.44 Å². The molecule has 0 unspecified atom stereocenters. The van der Waals surface area contributed by atoms with Crippen molar-refractivity contribution in [2.45, 2.75) is 13.8 Å². The summed E-state index contributed by atoms with van der Waals surface area (Å²) in [5.41, 5.74) is 0. The predicted octanol–water partition coefficient (Wildman–Crippen LogP) is 1.93. The van der Waals surface area contributed by atoms with E-state index in [0.717, 1.165) is 0 Å². The van der Waals surface area contributed by atoms with E-state index in [2.05, 4.69) is 0 Å². The lowest BCUT2D eigenvalue weighted by Crippen LogP contribution is -2.51. The molecular weight excluding hydrogens is 281 g/mol. The molecule has 0 fully saturated rings. The van der Waals surface area contributed by atoms with Gasteiger partial charge in [0.2, 0.25) is 0 Å². The van der Waals surface area contributed by atoms with Gasteiger partial charge in [-0.25, -0.2) is 4.55 Å². The minimum Gasteiger partial charge on any atom is -0.418 e. The standard InChI is InChI=1S/C4H10F2N2O3S.BF4/c1-3-7(4-2)8(5,6)12(9,10)11;2-1(3,4)5/h3-4H2,1-2H3;/q;-1/p+1. The highest BCUT2D eigenvalue weighted by Crippen LogP contribution is 2.20. The van der Waals surface area contributed by atoms with Gasteiger partial charge in [-0.1, -0.05) is 5.01 Å². The summed E-state index contributed by atoms with van der Waals surface area (Å²) in [4.78, 5) is 0. The molecule has 0 aliphatic carbocycles. The average molecular weight is 292 g/mol. The van der Waals surface area contributed by atoms with Gasteiger partial charge in [0.05, 0.1) is 22.1 Å². The highest BCUT2D eigenvalue weighted by Gasteiger charge is 2.52. The van der Waals surface area contributed by atoms with Crippen molar-refractivity contribution >= 4 is 17.6 Å². The van der Waals surface area contributed by atoms with Crippen LogP contribution in [-0.2, 0) is 10.3 Å². The molecule has 0 rings (SSSR count). The first-order valence-electron chi connectivity index (χ1n) is 4.16. The van der Waals surface area contributed by atoms with Crippen molar-refractivity contribution in [1.82, 2.24) is 5.01 Å². The van der Waals surface area contributed by atoms with E-state index < -0.39 is 22.0 Å². The van der Waals surface area contributed by atoms with E-state index >= 15 is 0 Å². The number of hydrogen-bond acceptors (Lipinski definition) is 3. The lowest BCUT2D eigenvalue weighted by molar-refractivity contribution is -1.16. The molecule has 0 heterocycles. The minimum absolute atomic E-state index is 0.177. The molecule has 13 heteroatoms. The van der Waals surface area contributed by atoms with Gasteiger partial charge in [-0.3, -0.25) is 0 Å². The van der Waals surface area contributed by atoms with Crippen molar-refractivity contribution in [2.75, 3.05) is 13.1 Å². The quantitative estimate of drug-likeness (QED) is 0.283. The fourth-order valence-electron chi connectivity index (χ4n) is 0.699. The van der Waals surface area contributed by atoms with Crippen LogP contribution in [0.4, 0.5) is 26.2 Å². The van der Waals surface area contributed by atoms with Crippen LogP contribution in [0.2, 0.25) is 0 Å². The van der Waals surface area contributed by atoms with Gasteiger partial charge in [-0.15, -0.1) is 8.42 Å². The summed E-state index contributed by atoms with van der Waals surface area (Å²) < 4.78 is 89.2. The molecule has 0 aliphatic rings. The Morgan fingerprint density at radius 2 is 1.35 bits per heavy atom. The Morgan fingerprint density at radius 1 is 1.12 bits per heavy atom. The average Bonchev–Trinajstić information content (AvgIpc) is 2.00. The van der Waals surface area contributed by atoms with E-state index in [-0.39, 0.29) is 18.1 Å². The highest BCUT2D eigenvalue weighted by molar-refractivity contribution is 7.79. The van der Waals surface area contributed by atoms with Crippen LogP contribution in [0.5, 0.6) is 0 Å². The van der Waals surface area contributed by atoms with Crippen LogP contribution in [-0.4, -0.2) is 42.8 Å². The highest BCUT2D eigenvalue weighted by atomic mass is 32.2. The zero-order chi connectivity index (χ0) is 14.5. The lowest BCUT2D eigenvalue weighted by atomic mass is 10.3. The second kappa shape index (κ2) is 6.42. The molecule has 0 radical (unpaired) electrons. The summed E-state index contributed by atoms with van der Waals surface area (Å²) >= 11 is 0. The van der Waals surface area contributed by atoms with Gasteiger partial charge in [0, 0.05) is 0 Å². The molecule has 0 aromatic rings. The minimum atomic E-state index is -6.00. The molecule has 0 aliphatic heterocycles. The van der Waals surface area contributed by atoms with Crippen LogP contribution >= 0.6 is 0 Å². The molecule has 17 heavy (non-hydrogen) atoms. The predicted molar refractivity (Wildman–Crippen MR) is 47.1 cm³/mol. The van der Waals surface area contributed by atoms with E-state index in [1.54, 1.807) is 0 Å². The summed E-state index contributed by atoms with van der Waals surface area (Å²) in [6, 6.07) is 0. The third kappa shape index (κ3) is 8.23. The molecule has 5 nitrogen and oxygen atoms in total. The monoisotopic (exact) mass is 292 g/mol. The molecule has 0 bridgehead atoms. The van der Waals surface area contributed by atoms with E-state index in [9.17, 15) is 34.6 Å². The zero-order valence-corrected chi connectivity index (χ0v) is 9.64. The second-order valence-electron chi connectivity index (χ2n) is 2.52. The third-order valence-electron chi connectivity index (χ3n) is 1.34. The third-order valence-corrected chi connectivity index (χ3v) is 2.12. The van der Waals surface area contributed by atoms with Crippen molar-refractivity contribution in [3.05, 3.63) is 0 Å². The van der Waals surface area contributed by atoms with E-state index in [0.29, 0.717) is 0 Å². The van der Waals surface area contributed by atoms with Crippen molar-refractivity contribution in [3.63, 3.8) is 0 Å². The summed E-state index contributed by atoms with van der Waals surface area (Å²) in [6.07, 6.45) is 0. The lowest BCUT2D eigenvalue weighted by Gasteiger charge is -2.19. The van der Waals surface area contributed by atoms with Crippen LogP contribution in [0.3, 0.4) is 0 Å². The van der Waals surface area contributed by atoms with Crippen molar-refractivity contribution in [2.24, 2.45) is 0 Å². The van der Waals surface area contributed by atoms with Crippen LogP contribution in [0, 0.1) is 0 Å². The molecule has 1 N–H and O–H groups in total. The van der Waals surface area contributed by atoms with Crippen LogP contribution < -0.4 is 0 Å². The van der Waals surface area contributed by atoms with Gasteiger partial charge >= 0.3 is 17.6 Å². The van der Waals surface area contributed by atoms with Crippen molar-refractivity contribution in [1.29, 1.82) is 0 Å². The number of rotatable bonds is 4. The Hall–Kier alpha value is -0.525. The number of nitrogens with zero attached hydrogens (tertiary/aromatic N) is 2. The largest absolute Gasteiger partial charge is 0.673 e. The summed E-state index contributed by atoms with van der Waals surface area (Å²) in [5.74, 6) is 0. The maximum Gasteiger partial charge on any atom is 0.673 e. The molecular formula is C4H11BF6N2O3S. The normalized spacial score (nSPS) is 13.3. The van der Waals surface area contributed by atoms with Crippen LogP contribution in [0.1, 0.15) is 13.8 Å². The van der Waals surface area contributed by atoms with Gasteiger partial charge in [-0.05, 0) is 13.8 Å². The Balaban J connectivity index is 0. The van der Waals surface area contributed by atoms with Crippen LogP contribution in [0.15, 0.2) is 0 Å². The van der Waals surface area contributed by atoms with Gasteiger partial charge in [0.15, 0.2) is 0 Å². The number of halogens is 6. The van der Waals surface area contributed by atoms with Gasteiger partial charge < -0.3 is 17.3 Å². The van der Waals surface area contributed by atoms with Crippen molar-refractivity contribution in [3.8, 4) is 0 Å². The van der Waals surface area contributed by atoms with E-state index in [1.165, 1.54) is 13.8 Å². The molecule has 0 amide bonds. The fourth-order valence-corrected chi connectivity index (χ4v) is 1.22. The summed E-state index contributed by atoms with van der Waals surface area (Å²) in [7, 11) is -11.4. The summed E-state index contributed by atoms with van der Waals surface area (Å²) in [6.45, 7) is 2.37. The molecule has 0 aromatic heterocycles. The Morgan fingerprint density at radius 3 is 1.41 bits per heavy atom. The zero-order valence-electron chi connectivity index (χ0n) is 8.83. The molecule has 0 atom stereocenters. The van der Waals surface area contributed by atoms with Gasteiger partial charge in [0.1, 0.15) is 0 Å². The van der Waals surface area contributed by atoms with E-state index in [4.69, 9.17) is 4.55 Å². The Bertz CT molecular complexity index is 310. The number of hydrogen-bond donors (Lipinski definition) is 1. The molecule has 0 saturated carbocycles. The first-order chi connectivity index (χ1) is 7.27. The number of quaternary nitrogens is 1. The maximum absolute atomic E-state index is 12.6. The maximum atomic E-state index is 12.6. The summed E-state index contributed by atoms with van der Waals surface area (Å²) in [5, 5.41) is 0.287. The van der Waals surface area contributed by atoms with Crippen LogP contribution in [0.25, 0.3) is 0 Å². The molecule has 0 saturated heterocycles. The Kier molecular flexibility index (Phi) is 7.11. The van der Waals surface area contributed by atoms with Crippen molar-refractivity contribution < 1.29 is 43.6 Å². The molecule has 0 aromatic carbocycles. The molecule has 0 spiro atoms. The Labute approximate surface area is 94.0 Å². The first kappa shape index (κ1) is 18.8. The van der Waals surface area contributed by atoms with E-state index in [1.807, 2.05) is 0 Å². The molecule has 106 valence electrons. The fraction of sp³-hybridized carbons (Fsp3) is 1.00. The smallest absolute Gasteiger partial charge is 0.418 e. The second-order valence-corrected chi connectivity index (χ2v) is 3.85. The first-order valence-corrected chi connectivity index (χ1v) is 5.55. The topological polar surface area (TPSA) is 57.6 Å². The van der Waals surface area contributed by atoms with Gasteiger partial charge in [-0.2, -0.15) is 0 Å².